The molecule has 1 aromatic heterocycles. The van der Waals surface area contributed by atoms with Gasteiger partial charge in [0.05, 0.1) is 23.7 Å². The number of nitrogens with one attached hydrogen (secondary N) is 1. The van der Waals surface area contributed by atoms with Gasteiger partial charge in [0.2, 0.25) is 0 Å². The van der Waals surface area contributed by atoms with E-state index >= 15 is 0 Å². The highest BCUT2D eigenvalue weighted by atomic mass is 16.5. The number of fused-ring (bicyclic) bond motifs is 1. The smallest absolute Gasteiger partial charge is 0.251 e. The molecule has 0 radical (unpaired) electrons. The zero-order chi connectivity index (χ0) is 22.5. The van der Waals surface area contributed by atoms with Gasteiger partial charge in [-0.3, -0.25) is 4.79 Å². The van der Waals surface area contributed by atoms with Crippen LogP contribution < -0.4 is 10.1 Å². The van der Waals surface area contributed by atoms with Crippen LogP contribution in [0.5, 0.6) is 5.75 Å². The maximum absolute atomic E-state index is 12.7. The van der Waals surface area contributed by atoms with Gasteiger partial charge in [0, 0.05) is 12.1 Å². The average Bonchev–Trinajstić information content (AvgIpc) is 3.17. The van der Waals surface area contributed by atoms with Crippen LogP contribution in [0.2, 0.25) is 0 Å². The lowest BCUT2D eigenvalue weighted by Crippen LogP contribution is -2.28. The van der Waals surface area contributed by atoms with E-state index in [1.807, 2.05) is 61.5 Å². The second kappa shape index (κ2) is 9.69. The van der Waals surface area contributed by atoms with Crippen molar-refractivity contribution in [3.05, 3.63) is 95.3 Å². The molecule has 0 aliphatic carbocycles. The monoisotopic (exact) mass is 427 g/mol. The highest BCUT2D eigenvalue weighted by molar-refractivity contribution is 5.94. The molecule has 0 aliphatic heterocycles. The molecule has 1 N–H and O–H groups in total. The Balaban J connectivity index is 1.49. The third-order valence-corrected chi connectivity index (χ3v) is 5.64. The molecule has 4 aromatic rings. The summed E-state index contributed by atoms with van der Waals surface area (Å²) in [6, 6.07) is 23.3. The summed E-state index contributed by atoms with van der Waals surface area (Å²) in [5, 5.41) is 3.09. The molecule has 0 spiro atoms. The van der Waals surface area contributed by atoms with Crippen LogP contribution in [0.3, 0.4) is 0 Å². The number of aryl methyl sites for hydroxylation is 3. The van der Waals surface area contributed by atoms with Crippen molar-refractivity contribution in [2.45, 2.75) is 39.8 Å². The quantitative estimate of drug-likeness (QED) is 0.372. The van der Waals surface area contributed by atoms with Crippen LogP contribution in [0.4, 0.5) is 0 Å². The van der Waals surface area contributed by atoms with Crippen LogP contribution in [0, 0.1) is 13.8 Å². The molecule has 3 aromatic carbocycles. The summed E-state index contributed by atoms with van der Waals surface area (Å²) in [7, 11) is 0. The lowest BCUT2D eigenvalue weighted by Gasteiger charge is -2.17. The molecule has 5 nitrogen and oxygen atoms in total. The molecule has 0 fully saturated rings. The van der Waals surface area contributed by atoms with Crippen molar-refractivity contribution in [3.63, 3.8) is 0 Å². The van der Waals surface area contributed by atoms with E-state index in [2.05, 4.69) is 41.9 Å². The first kappa shape index (κ1) is 21.6. The lowest BCUT2D eigenvalue weighted by molar-refractivity contribution is 0.0937. The third-order valence-electron chi connectivity index (χ3n) is 5.64. The molecular weight excluding hydrogens is 398 g/mol. The number of hydrogen-bond acceptors (Lipinski definition) is 3. The Morgan fingerprint density at radius 3 is 2.41 bits per heavy atom. The minimum atomic E-state index is -0.227. The van der Waals surface area contributed by atoms with Crippen LogP contribution in [-0.2, 0) is 6.54 Å². The Bertz CT molecular complexity index is 1190. The van der Waals surface area contributed by atoms with Crippen molar-refractivity contribution in [3.8, 4) is 5.75 Å². The maximum atomic E-state index is 12.7. The molecular formula is C27H29N3O2. The number of imidazole rings is 1. The van der Waals surface area contributed by atoms with E-state index < -0.39 is 0 Å². The first-order valence-electron chi connectivity index (χ1n) is 11.0. The van der Waals surface area contributed by atoms with Crippen molar-refractivity contribution in [2.75, 3.05) is 6.61 Å². The van der Waals surface area contributed by atoms with E-state index in [1.54, 1.807) is 0 Å². The summed E-state index contributed by atoms with van der Waals surface area (Å²) in [6.07, 6.45) is 0.834. The Labute approximate surface area is 189 Å². The molecule has 4 rings (SSSR count). The molecule has 5 heteroatoms. The van der Waals surface area contributed by atoms with Gasteiger partial charge in [-0.05, 0) is 62.6 Å². The summed E-state index contributed by atoms with van der Waals surface area (Å²) < 4.78 is 8.29. The molecule has 0 saturated heterocycles. The minimum absolute atomic E-state index is 0.102. The zero-order valence-corrected chi connectivity index (χ0v) is 18.8. The number of ether oxygens (including phenoxy) is 1. The number of rotatable bonds is 8. The molecule has 1 amide bonds. The van der Waals surface area contributed by atoms with Gasteiger partial charge in [-0.2, -0.15) is 0 Å². The van der Waals surface area contributed by atoms with E-state index in [1.165, 1.54) is 0 Å². The van der Waals surface area contributed by atoms with Gasteiger partial charge in [-0.25, -0.2) is 4.98 Å². The first-order valence-corrected chi connectivity index (χ1v) is 11.0. The van der Waals surface area contributed by atoms with E-state index in [4.69, 9.17) is 9.72 Å². The minimum Gasteiger partial charge on any atom is -0.493 e. The summed E-state index contributed by atoms with van der Waals surface area (Å²) >= 11 is 0. The number of carbonyl (C=O) groups excluding carboxylic acids is 1. The molecule has 164 valence electrons. The fourth-order valence-corrected chi connectivity index (χ4v) is 4.02. The summed E-state index contributed by atoms with van der Waals surface area (Å²) in [6.45, 7) is 7.49. The number of para-hydroxylation sites is 3. The molecule has 1 unspecified atom stereocenters. The number of benzene rings is 3. The normalized spacial score (nSPS) is 12.0. The van der Waals surface area contributed by atoms with Crippen LogP contribution in [0.1, 0.15) is 46.7 Å². The van der Waals surface area contributed by atoms with Gasteiger partial charge in [0.25, 0.3) is 5.91 Å². The largest absolute Gasteiger partial charge is 0.493 e. The maximum Gasteiger partial charge on any atom is 0.251 e. The standard InChI is InChI=1S/C27H29N3O2/c1-19-11-9-12-20(2)25(19)32-18-10-17-30-24-16-8-7-15-23(24)29-26(30)21(3)28-27(31)22-13-5-4-6-14-22/h4-9,11-16,21H,10,17-18H2,1-3H3,(H,28,31). The van der Waals surface area contributed by atoms with Gasteiger partial charge in [-0.1, -0.05) is 48.5 Å². The fourth-order valence-electron chi connectivity index (χ4n) is 4.02. The van der Waals surface area contributed by atoms with Gasteiger partial charge in [0.1, 0.15) is 11.6 Å². The van der Waals surface area contributed by atoms with E-state index in [9.17, 15) is 4.79 Å². The van der Waals surface area contributed by atoms with Crippen molar-refractivity contribution in [1.29, 1.82) is 0 Å². The lowest BCUT2D eigenvalue weighted by atomic mass is 10.1. The number of carbonyl (C=O) groups is 1. The molecule has 0 bridgehead atoms. The second-order valence-corrected chi connectivity index (χ2v) is 8.09. The van der Waals surface area contributed by atoms with Crippen LogP contribution in [0.15, 0.2) is 72.8 Å². The third kappa shape index (κ3) is 4.67. The molecule has 32 heavy (non-hydrogen) atoms. The van der Waals surface area contributed by atoms with E-state index in [-0.39, 0.29) is 11.9 Å². The van der Waals surface area contributed by atoms with E-state index in [0.717, 1.165) is 46.7 Å². The highest BCUT2D eigenvalue weighted by Crippen LogP contribution is 2.24. The fraction of sp³-hybridized carbons (Fsp3) is 0.259. The van der Waals surface area contributed by atoms with Crippen molar-refractivity contribution >= 4 is 16.9 Å². The summed E-state index contributed by atoms with van der Waals surface area (Å²) in [4.78, 5) is 17.5. The first-order chi connectivity index (χ1) is 15.5. The number of hydrogen-bond donors (Lipinski definition) is 1. The topological polar surface area (TPSA) is 56.1 Å². The SMILES string of the molecule is Cc1cccc(C)c1OCCCn1c(C(C)NC(=O)c2ccccc2)nc2ccccc21. The van der Waals surface area contributed by atoms with Gasteiger partial charge >= 0.3 is 0 Å². The highest BCUT2D eigenvalue weighted by Gasteiger charge is 2.19. The van der Waals surface area contributed by atoms with Gasteiger partial charge in [-0.15, -0.1) is 0 Å². The number of aromatic nitrogens is 2. The van der Waals surface area contributed by atoms with Crippen LogP contribution in [0.25, 0.3) is 11.0 Å². The Morgan fingerprint density at radius 2 is 1.66 bits per heavy atom. The van der Waals surface area contributed by atoms with Crippen molar-refractivity contribution < 1.29 is 9.53 Å². The number of amides is 1. The molecule has 1 atom stereocenters. The predicted octanol–water partition coefficient (Wildman–Crippen LogP) is 5.61. The Hall–Kier alpha value is -3.60. The second-order valence-electron chi connectivity index (χ2n) is 8.09. The molecule has 0 aliphatic rings. The zero-order valence-electron chi connectivity index (χ0n) is 18.8. The van der Waals surface area contributed by atoms with Gasteiger partial charge in [0.15, 0.2) is 0 Å². The van der Waals surface area contributed by atoms with Crippen LogP contribution >= 0.6 is 0 Å². The summed E-state index contributed by atoms with van der Waals surface area (Å²) in [5.74, 6) is 1.71. The summed E-state index contributed by atoms with van der Waals surface area (Å²) in [5.41, 5.74) is 4.94. The van der Waals surface area contributed by atoms with Crippen LogP contribution in [-0.4, -0.2) is 22.1 Å². The Morgan fingerprint density at radius 1 is 0.969 bits per heavy atom. The number of nitrogens with zero attached hydrogens (tertiary/aromatic N) is 2. The van der Waals surface area contributed by atoms with Gasteiger partial charge < -0.3 is 14.6 Å². The van der Waals surface area contributed by atoms with Crippen molar-refractivity contribution in [1.82, 2.24) is 14.9 Å². The predicted molar refractivity (Wildman–Crippen MR) is 128 cm³/mol. The molecule has 1 heterocycles. The average molecular weight is 428 g/mol. The molecule has 0 saturated carbocycles. The van der Waals surface area contributed by atoms with Crippen molar-refractivity contribution in [2.24, 2.45) is 0 Å². The Kier molecular flexibility index (Phi) is 6.55. The van der Waals surface area contributed by atoms with E-state index in [0.29, 0.717) is 12.2 Å².